The normalized spacial score (nSPS) is 22.4. The summed E-state index contributed by atoms with van der Waals surface area (Å²) < 4.78 is 0.978. The fourth-order valence-corrected chi connectivity index (χ4v) is 3.19. The van der Waals surface area contributed by atoms with E-state index in [0.717, 1.165) is 35.0 Å². The molecular formula is C14H17BrClNO. The lowest BCUT2D eigenvalue weighted by Gasteiger charge is -2.34. The van der Waals surface area contributed by atoms with Crippen LogP contribution in [0.25, 0.3) is 0 Å². The maximum atomic E-state index is 12.3. The molecule has 1 aliphatic carbocycles. The van der Waals surface area contributed by atoms with Crippen molar-refractivity contribution in [2.75, 3.05) is 13.6 Å². The van der Waals surface area contributed by atoms with E-state index >= 15 is 0 Å². The van der Waals surface area contributed by atoms with Crippen LogP contribution in [0.5, 0.6) is 0 Å². The lowest BCUT2D eigenvalue weighted by molar-refractivity contribution is 0.0746. The van der Waals surface area contributed by atoms with Crippen LogP contribution in [-0.2, 0) is 0 Å². The van der Waals surface area contributed by atoms with Gasteiger partial charge in [-0.1, -0.05) is 22.0 Å². The number of amides is 1. The van der Waals surface area contributed by atoms with E-state index in [1.165, 1.54) is 0 Å². The molecule has 0 heterocycles. The standard InChI is InChI=1S/C14H17BrClNO/c1-9-12(4-3-5-13(9)15)14(18)17(2)8-10-6-11(16)7-10/h3-5,10-11H,6-8H2,1-2H3. The van der Waals surface area contributed by atoms with Crippen molar-refractivity contribution in [1.29, 1.82) is 0 Å². The molecule has 0 aliphatic heterocycles. The Morgan fingerprint density at radius 3 is 2.78 bits per heavy atom. The molecule has 1 fully saturated rings. The minimum absolute atomic E-state index is 0.0897. The number of rotatable bonds is 3. The molecule has 1 aromatic carbocycles. The van der Waals surface area contributed by atoms with Crippen LogP contribution >= 0.6 is 27.5 Å². The van der Waals surface area contributed by atoms with Gasteiger partial charge in [0.2, 0.25) is 0 Å². The maximum absolute atomic E-state index is 12.3. The van der Waals surface area contributed by atoms with E-state index in [0.29, 0.717) is 11.3 Å². The fourth-order valence-electron chi connectivity index (χ4n) is 2.32. The number of benzene rings is 1. The van der Waals surface area contributed by atoms with Crippen molar-refractivity contribution in [3.8, 4) is 0 Å². The highest BCUT2D eigenvalue weighted by atomic mass is 79.9. The number of alkyl halides is 1. The Hall–Kier alpha value is -0.540. The Labute approximate surface area is 121 Å². The lowest BCUT2D eigenvalue weighted by Crippen LogP contribution is -2.38. The first-order chi connectivity index (χ1) is 8.49. The molecule has 0 spiro atoms. The third-order valence-corrected chi connectivity index (χ3v) is 4.77. The molecule has 2 nitrogen and oxygen atoms in total. The summed E-state index contributed by atoms with van der Waals surface area (Å²) in [5, 5.41) is 0.311. The van der Waals surface area contributed by atoms with Crippen LogP contribution in [0.2, 0.25) is 0 Å². The van der Waals surface area contributed by atoms with Crippen LogP contribution in [0.4, 0.5) is 0 Å². The summed E-state index contributed by atoms with van der Waals surface area (Å²) in [5.74, 6) is 0.653. The smallest absolute Gasteiger partial charge is 0.253 e. The molecule has 0 bridgehead atoms. The van der Waals surface area contributed by atoms with Gasteiger partial charge < -0.3 is 4.90 Å². The summed E-state index contributed by atoms with van der Waals surface area (Å²) in [5.41, 5.74) is 1.77. The second kappa shape index (κ2) is 5.62. The minimum atomic E-state index is 0.0897. The molecular weight excluding hydrogens is 314 g/mol. The van der Waals surface area contributed by atoms with Gasteiger partial charge in [-0.25, -0.2) is 0 Å². The molecule has 1 aromatic rings. The van der Waals surface area contributed by atoms with E-state index in [4.69, 9.17) is 11.6 Å². The van der Waals surface area contributed by atoms with Crippen LogP contribution in [0.15, 0.2) is 22.7 Å². The van der Waals surface area contributed by atoms with E-state index < -0.39 is 0 Å². The lowest BCUT2D eigenvalue weighted by atomic mass is 9.84. The molecule has 18 heavy (non-hydrogen) atoms. The van der Waals surface area contributed by atoms with Crippen molar-refractivity contribution in [3.63, 3.8) is 0 Å². The van der Waals surface area contributed by atoms with E-state index in [9.17, 15) is 4.79 Å². The summed E-state index contributed by atoms with van der Waals surface area (Å²) in [6.45, 7) is 2.76. The SMILES string of the molecule is Cc1c(Br)cccc1C(=O)N(C)CC1CC(Cl)C1. The molecule has 2 rings (SSSR count). The molecule has 0 atom stereocenters. The molecule has 1 aliphatic rings. The Balaban J connectivity index is 2.04. The molecule has 0 N–H and O–H groups in total. The Kier molecular flexibility index (Phi) is 4.33. The number of carbonyl (C=O) groups excluding carboxylic acids is 1. The summed E-state index contributed by atoms with van der Waals surface area (Å²) in [4.78, 5) is 14.2. The zero-order chi connectivity index (χ0) is 13.3. The Morgan fingerprint density at radius 2 is 2.17 bits per heavy atom. The average Bonchev–Trinajstić information content (AvgIpc) is 2.30. The van der Waals surface area contributed by atoms with Crippen LogP contribution in [0, 0.1) is 12.8 Å². The largest absolute Gasteiger partial charge is 0.341 e. The van der Waals surface area contributed by atoms with Gasteiger partial charge in [0.1, 0.15) is 0 Å². The van der Waals surface area contributed by atoms with Gasteiger partial charge in [-0.05, 0) is 43.4 Å². The molecule has 0 radical (unpaired) electrons. The van der Waals surface area contributed by atoms with Gasteiger partial charge in [0.05, 0.1) is 0 Å². The molecule has 1 saturated carbocycles. The van der Waals surface area contributed by atoms with Crippen molar-refractivity contribution in [2.45, 2.75) is 25.1 Å². The van der Waals surface area contributed by atoms with E-state index in [1.54, 1.807) is 0 Å². The maximum Gasteiger partial charge on any atom is 0.253 e. The molecule has 4 heteroatoms. The summed E-state index contributed by atoms with van der Waals surface area (Å²) >= 11 is 9.42. The summed E-state index contributed by atoms with van der Waals surface area (Å²) in [6.07, 6.45) is 2.05. The second-order valence-corrected chi connectivity index (χ2v) is 6.50. The highest BCUT2D eigenvalue weighted by molar-refractivity contribution is 9.10. The monoisotopic (exact) mass is 329 g/mol. The van der Waals surface area contributed by atoms with Crippen molar-refractivity contribution >= 4 is 33.4 Å². The highest BCUT2D eigenvalue weighted by Gasteiger charge is 2.29. The van der Waals surface area contributed by atoms with Gasteiger partial charge >= 0.3 is 0 Å². The van der Waals surface area contributed by atoms with Crippen molar-refractivity contribution in [2.24, 2.45) is 5.92 Å². The second-order valence-electron chi connectivity index (χ2n) is 5.03. The predicted octanol–water partition coefficient (Wildman–Crippen LogP) is 3.85. The third kappa shape index (κ3) is 2.89. The molecule has 0 saturated heterocycles. The molecule has 98 valence electrons. The highest BCUT2D eigenvalue weighted by Crippen LogP contribution is 2.32. The quantitative estimate of drug-likeness (QED) is 0.771. The van der Waals surface area contributed by atoms with Crippen molar-refractivity contribution < 1.29 is 4.79 Å². The van der Waals surface area contributed by atoms with Crippen LogP contribution in [0.3, 0.4) is 0 Å². The first-order valence-electron chi connectivity index (χ1n) is 6.13. The van der Waals surface area contributed by atoms with Crippen LogP contribution in [-0.4, -0.2) is 29.8 Å². The number of carbonyl (C=O) groups is 1. The number of halogens is 2. The van der Waals surface area contributed by atoms with Gasteiger partial charge in [-0.15, -0.1) is 11.6 Å². The summed E-state index contributed by atoms with van der Waals surface area (Å²) in [7, 11) is 1.87. The van der Waals surface area contributed by atoms with Crippen molar-refractivity contribution in [3.05, 3.63) is 33.8 Å². The topological polar surface area (TPSA) is 20.3 Å². The summed E-state index contributed by atoms with van der Waals surface area (Å²) in [6, 6.07) is 5.73. The van der Waals surface area contributed by atoms with E-state index in [1.807, 2.05) is 37.1 Å². The van der Waals surface area contributed by atoms with E-state index in [2.05, 4.69) is 15.9 Å². The molecule has 0 unspecified atom stereocenters. The van der Waals surface area contributed by atoms with Crippen LogP contribution in [0.1, 0.15) is 28.8 Å². The fraction of sp³-hybridized carbons (Fsp3) is 0.500. The van der Waals surface area contributed by atoms with E-state index in [-0.39, 0.29) is 5.91 Å². The molecule has 0 aromatic heterocycles. The van der Waals surface area contributed by atoms with Gasteiger partial charge in [0.15, 0.2) is 0 Å². The predicted molar refractivity (Wildman–Crippen MR) is 78.2 cm³/mol. The number of hydrogen-bond donors (Lipinski definition) is 0. The minimum Gasteiger partial charge on any atom is -0.341 e. The first-order valence-corrected chi connectivity index (χ1v) is 7.36. The third-order valence-electron chi connectivity index (χ3n) is 3.56. The first kappa shape index (κ1) is 13.9. The molecule has 1 amide bonds. The number of nitrogens with zero attached hydrogens (tertiary/aromatic N) is 1. The average molecular weight is 331 g/mol. The van der Waals surface area contributed by atoms with Gasteiger partial charge in [-0.2, -0.15) is 0 Å². The van der Waals surface area contributed by atoms with Gasteiger partial charge in [0, 0.05) is 29.0 Å². The number of hydrogen-bond acceptors (Lipinski definition) is 1. The zero-order valence-corrected chi connectivity index (χ0v) is 13.0. The Morgan fingerprint density at radius 1 is 1.50 bits per heavy atom. The van der Waals surface area contributed by atoms with Gasteiger partial charge in [0.25, 0.3) is 5.91 Å². The van der Waals surface area contributed by atoms with Crippen LogP contribution < -0.4 is 0 Å². The Bertz CT molecular complexity index is 457. The van der Waals surface area contributed by atoms with Gasteiger partial charge in [-0.3, -0.25) is 4.79 Å². The van der Waals surface area contributed by atoms with Crippen molar-refractivity contribution in [1.82, 2.24) is 4.90 Å². The zero-order valence-electron chi connectivity index (χ0n) is 10.6.